The number of aryl methyl sites for hydroxylation is 1. The Hall–Kier alpha value is -1.49. The van der Waals surface area contributed by atoms with E-state index in [-0.39, 0.29) is 0 Å². The first-order valence-corrected chi connectivity index (χ1v) is 4.86. The van der Waals surface area contributed by atoms with Crippen LogP contribution in [0.5, 0.6) is 0 Å². The maximum atomic E-state index is 8.99. The van der Waals surface area contributed by atoms with Gasteiger partial charge < -0.3 is 5.32 Å². The molecule has 0 saturated heterocycles. The van der Waals surface area contributed by atoms with Gasteiger partial charge in [0.05, 0.1) is 6.07 Å². The van der Waals surface area contributed by atoms with E-state index in [1.54, 1.807) is 0 Å². The van der Waals surface area contributed by atoms with Gasteiger partial charge in [0.25, 0.3) is 0 Å². The molecule has 0 amide bonds. The molecule has 0 fully saturated rings. The Kier molecular flexibility index (Phi) is 3.14. The summed E-state index contributed by atoms with van der Waals surface area (Å²) in [4.78, 5) is 0. The fourth-order valence-corrected chi connectivity index (χ4v) is 1.15. The molecule has 0 heterocycles. The smallest absolute Gasteiger partial charge is 0.122 e. The van der Waals surface area contributed by atoms with Crippen LogP contribution in [0.4, 0.5) is 5.69 Å². The van der Waals surface area contributed by atoms with Crippen molar-refractivity contribution in [3.05, 3.63) is 29.8 Å². The van der Waals surface area contributed by atoms with E-state index in [1.165, 1.54) is 5.56 Å². The summed E-state index contributed by atoms with van der Waals surface area (Å²) in [5.74, 6) is 0. The highest BCUT2D eigenvalue weighted by atomic mass is 15.0. The molecule has 1 aromatic carbocycles. The second-order valence-corrected chi connectivity index (χ2v) is 3.79. The van der Waals surface area contributed by atoms with Crippen molar-refractivity contribution in [2.24, 2.45) is 0 Å². The van der Waals surface area contributed by atoms with Crippen molar-refractivity contribution in [2.45, 2.75) is 32.7 Å². The molecule has 74 valence electrons. The number of nitrogens with zero attached hydrogens (tertiary/aromatic N) is 1. The standard InChI is InChI=1S/C12H16N2/c1-4-12(3,9-13)14-11-7-5-10(2)6-8-11/h5-8,14H,4H2,1-3H3. The molecule has 2 nitrogen and oxygen atoms in total. The third kappa shape index (κ3) is 2.50. The minimum Gasteiger partial charge on any atom is -0.368 e. The zero-order chi connectivity index (χ0) is 10.6. The summed E-state index contributed by atoms with van der Waals surface area (Å²) in [5.41, 5.74) is 1.77. The highest BCUT2D eigenvalue weighted by Gasteiger charge is 2.20. The minimum absolute atomic E-state index is 0.463. The average molecular weight is 188 g/mol. The SMILES string of the molecule is CCC(C)(C#N)Nc1ccc(C)cc1. The maximum Gasteiger partial charge on any atom is 0.122 e. The molecule has 0 spiro atoms. The first-order chi connectivity index (χ1) is 6.59. The summed E-state index contributed by atoms with van der Waals surface area (Å²) < 4.78 is 0. The van der Waals surface area contributed by atoms with Crippen LogP contribution in [0, 0.1) is 18.3 Å². The Labute approximate surface area is 85.6 Å². The molecule has 2 heteroatoms. The highest BCUT2D eigenvalue weighted by molar-refractivity contribution is 5.48. The quantitative estimate of drug-likeness (QED) is 0.791. The summed E-state index contributed by atoms with van der Waals surface area (Å²) in [6, 6.07) is 10.4. The fourth-order valence-electron chi connectivity index (χ4n) is 1.15. The van der Waals surface area contributed by atoms with Gasteiger partial charge in [-0.15, -0.1) is 0 Å². The van der Waals surface area contributed by atoms with E-state index in [1.807, 2.05) is 45.0 Å². The van der Waals surface area contributed by atoms with Gasteiger partial charge in [-0.05, 0) is 32.4 Å². The number of rotatable bonds is 3. The zero-order valence-corrected chi connectivity index (χ0v) is 8.96. The lowest BCUT2D eigenvalue weighted by Crippen LogP contribution is -2.31. The van der Waals surface area contributed by atoms with Gasteiger partial charge in [-0.2, -0.15) is 5.26 Å². The van der Waals surface area contributed by atoms with E-state index < -0.39 is 5.54 Å². The van der Waals surface area contributed by atoms with Crippen molar-refractivity contribution >= 4 is 5.69 Å². The van der Waals surface area contributed by atoms with E-state index in [4.69, 9.17) is 5.26 Å². The van der Waals surface area contributed by atoms with Crippen molar-refractivity contribution in [1.82, 2.24) is 0 Å². The van der Waals surface area contributed by atoms with E-state index in [9.17, 15) is 0 Å². The van der Waals surface area contributed by atoms with Crippen molar-refractivity contribution in [3.8, 4) is 6.07 Å². The predicted molar refractivity (Wildman–Crippen MR) is 59.1 cm³/mol. The van der Waals surface area contributed by atoms with Crippen molar-refractivity contribution < 1.29 is 0 Å². The maximum absolute atomic E-state index is 8.99. The molecule has 0 aliphatic carbocycles. The van der Waals surface area contributed by atoms with Gasteiger partial charge in [-0.3, -0.25) is 0 Å². The number of anilines is 1. The first-order valence-electron chi connectivity index (χ1n) is 4.86. The van der Waals surface area contributed by atoms with Gasteiger partial charge in [-0.1, -0.05) is 24.6 Å². The van der Waals surface area contributed by atoms with Gasteiger partial charge in [0.15, 0.2) is 0 Å². The number of hydrogen-bond donors (Lipinski definition) is 1. The van der Waals surface area contributed by atoms with Gasteiger partial charge >= 0.3 is 0 Å². The van der Waals surface area contributed by atoms with Gasteiger partial charge in [-0.25, -0.2) is 0 Å². The molecule has 1 atom stereocenters. The Balaban J connectivity index is 2.79. The van der Waals surface area contributed by atoms with Crippen molar-refractivity contribution in [3.63, 3.8) is 0 Å². The number of nitrogens with one attached hydrogen (secondary N) is 1. The molecular weight excluding hydrogens is 172 g/mol. The molecule has 0 bridgehead atoms. The van der Waals surface area contributed by atoms with Crippen LogP contribution in [0.1, 0.15) is 25.8 Å². The molecule has 0 aliphatic rings. The number of hydrogen-bond acceptors (Lipinski definition) is 2. The topological polar surface area (TPSA) is 35.8 Å². The molecule has 1 unspecified atom stereocenters. The van der Waals surface area contributed by atoms with Crippen molar-refractivity contribution in [2.75, 3.05) is 5.32 Å². The summed E-state index contributed by atoms with van der Waals surface area (Å²) in [7, 11) is 0. The summed E-state index contributed by atoms with van der Waals surface area (Å²) >= 11 is 0. The Morgan fingerprint density at radius 3 is 2.36 bits per heavy atom. The largest absolute Gasteiger partial charge is 0.368 e. The molecule has 0 aliphatic heterocycles. The van der Waals surface area contributed by atoms with Crippen LogP contribution in [0.15, 0.2) is 24.3 Å². The van der Waals surface area contributed by atoms with Crippen LogP contribution in [0.2, 0.25) is 0 Å². The molecule has 0 saturated carbocycles. The third-order valence-corrected chi connectivity index (χ3v) is 2.43. The van der Waals surface area contributed by atoms with Crippen LogP contribution in [0.3, 0.4) is 0 Å². The van der Waals surface area contributed by atoms with E-state index in [2.05, 4.69) is 11.4 Å². The lowest BCUT2D eigenvalue weighted by atomic mass is 10.0. The summed E-state index contributed by atoms with van der Waals surface area (Å²) in [6.45, 7) is 5.96. The Morgan fingerprint density at radius 1 is 1.36 bits per heavy atom. The number of benzene rings is 1. The summed E-state index contributed by atoms with van der Waals surface area (Å²) in [5, 5.41) is 12.2. The minimum atomic E-state index is -0.463. The molecule has 14 heavy (non-hydrogen) atoms. The van der Waals surface area contributed by atoms with E-state index in [0.29, 0.717) is 0 Å². The lowest BCUT2D eigenvalue weighted by Gasteiger charge is -2.22. The lowest BCUT2D eigenvalue weighted by molar-refractivity contribution is 0.626. The normalized spacial score (nSPS) is 14.1. The van der Waals surface area contributed by atoms with Crippen LogP contribution in [-0.4, -0.2) is 5.54 Å². The van der Waals surface area contributed by atoms with E-state index in [0.717, 1.165) is 12.1 Å². The second kappa shape index (κ2) is 4.15. The molecule has 0 radical (unpaired) electrons. The molecule has 0 aromatic heterocycles. The number of nitriles is 1. The van der Waals surface area contributed by atoms with Gasteiger partial charge in [0, 0.05) is 5.69 Å². The molecule has 1 aromatic rings. The predicted octanol–water partition coefficient (Wildman–Crippen LogP) is 3.10. The monoisotopic (exact) mass is 188 g/mol. The average Bonchev–Trinajstić information content (AvgIpc) is 2.21. The summed E-state index contributed by atoms with van der Waals surface area (Å²) in [6.07, 6.45) is 0.789. The fraction of sp³-hybridized carbons (Fsp3) is 0.417. The molecular formula is C12H16N2. The van der Waals surface area contributed by atoms with Crippen LogP contribution >= 0.6 is 0 Å². The second-order valence-electron chi connectivity index (χ2n) is 3.79. The highest BCUT2D eigenvalue weighted by Crippen LogP contribution is 2.17. The van der Waals surface area contributed by atoms with Gasteiger partial charge in [0.1, 0.15) is 5.54 Å². The molecule has 1 rings (SSSR count). The Morgan fingerprint density at radius 2 is 1.93 bits per heavy atom. The van der Waals surface area contributed by atoms with Gasteiger partial charge in [0.2, 0.25) is 0 Å². The molecule has 1 N–H and O–H groups in total. The van der Waals surface area contributed by atoms with Crippen LogP contribution < -0.4 is 5.32 Å². The Bertz CT molecular complexity index is 334. The van der Waals surface area contributed by atoms with Crippen LogP contribution in [-0.2, 0) is 0 Å². The third-order valence-electron chi connectivity index (χ3n) is 2.43. The first kappa shape index (κ1) is 10.6. The zero-order valence-electron chi connectivity index (χ0n) is 8.96. The van der Waals surface area contributed by atoms with Crippen molar-refractivity contribution in [1.29, 1.82) is 5.26 Å². The van der Waals surface area contributed by atoms with E-state index >= 15 is 0 Å². The van der Waals surface area contributed by atoms with Crippen LogP contribution in [0.25, 0.3) is 0 Å².